The van der Waals surface area contributed by atoms with Crippen molar-refractivity contribution < 1.29 is 9.26 Å². The fourth-order valence-corrected chi connectivity index (χ4v) is 1.41. The van der Waals surface area contributed by atoms with E-state index in [1.54, 1.807) is 0 Å². The van der Waals surface area contributed by atoms with Gasteiger partial charge in [0.05, 0.1) is 5.69 Å². The summed E-state index contributed by atoms with van der Waals surface area (Å²) in [5, 5.41) is 7.40. The third kappa shape index (κ3) is 8.01. The van der Waals surface area contributed by atoms with Gasteiger partial charge in [0.1, 0.15) is 6.61 Å². The summed E-state index contributed by atoms with van der Waals surface area (Å²) < 4.78 is 10.8. The summed E-state index contributed by atoms with van der Waals surface area (Å²) in [4.78, 5) is 0. The second kappa shape index (κ2) is 6.53. The monoisotopic (exact) mass is 268 g/mol. The lowest BCUT2D eigenvalue weighted by atomic mass is 9.93. The maximum Gasteiger partial charge on any atom is 0.162 e. The number of ether oxygens (including phenoxy) is 1. The Morgan fingerprint density at radius 2 is 1.89 bits per heavy atom. The summed E-state index contributed by atoms with van der Waals surface area (Å²) in [6, 6.07) is 1.95. The number of nitrogens with zero attached hydrogens (tertiary/aromatic N) is 1. The SMILES string of the molecule is CC(C)(C)CCOCc1cc(CNC(C)(C)C)no1. The van der Waals surface area contributed by atoms with Crippen LogP contribution >= 0.6 is 0 Å². The van der Waals surface area contributed by atoms with E-state index in [4.69, 9.17) is 9.26 Å². The van der Waals surface area contributed by atoms with Crippen molar-refractivity contribution in [3.05, 3.63) is 17.5 Å². The van der Waals surface area contributed by atoms with Crippen LogP contribution in [-0.4, -0.2) is 17.3 Å². The molecule has 1 rings (SSSR count). The van der Waals surface area contributed by atoms with Crippen LogP contribution in [0.1, 0.15) is 59.4 Å². The number of hydrogen-bond donors (Lipinski definition) is 1. The van der Waals surface area contributed by atoms with Crippen molar-refractivity contribution in [1.82, 2.24) is 10.5 Å². The molecule has 0 bridgehead atoms. The molecule has 0 aromatic carbocycles. The van der Waals surface area contributed by atoms with Gasteiger partial charge in [0.2, 0.25) is 0 Å². The van der Waals surface area contributed by atoms with Crippen LogP contribution in [0.15, 0.2) is 10.6 Å². The van der Waals surface area contributed by atoms with Crippen LogP contribution in [0.4, 0.5) is 0 Å². The van der Waals surface area contributed by atoms with E-state index in [0.29, 0.717) is 12.0 Å². The van der Waals surface area contributed by atoms with Gasteiger partial charge in [0.15, 0.2) is 5.76 Å². The maximum absolute atomic E-state index is 5.60. The molecule has 1 heterocycles. The van der Waals surface area contributed by atoms with Crippen molar-refractivity contribution in [2.45, 2.75) is 66.7 Å². The van der Waals surface area contributed by atoms with E-state index in [1.807, 2.05) is 6.07 Å². The van der Waals surface area contributed by atoms with Crippen LogP contribution in [0.25, 0.3) is 0 Å². The minimum Gasteiger partial charge on any atom is -0.373 e. The number of hydrogen-bond acceptors (Lipinski definition) is 4. The van der Waals surface area contributed by atoms with Gasteiger partial charge in [-0.15, -0.1) is 0 Å². The predicted octanol–water partition coefficient (Wildman–Crippen LogP) is 3.52. The molecule has 4 heteroatoms. The molecule has 19 heavy (non-hydrogen) atoms. The summed E-state index contributed by atoms with van der Waals surface area (Å²) in [6.07, 6.45) is 1.04. The predicted molar refractivity (Wildman–Crippen MR) is 76.8 cm³/mol. The van der Waals surface area contributed by atoms with Crippen molar-refractivity contribution in [2.24, 2.45) is 5.41 Å². The minimum absolute atomic E-state index is 0.0856. The van der Waals surface area contributed by atoms with Gasteiger partial charge in [-0.1, -0.05) is 25.9 Å². The van der Waals surface area contributed by atoms with Crippen molar-refractivity contribution in [3.8, 4) is 0 Å². The molecule has 1 aromatic rings. The highest BCUT2D eigenvalue weighted by atomic mass is 16.5. The van der Waals surface area contributed by atoms with Crippen LogP contribution in [0.2, 0.25) is 0 Å². The second-order valence-electron chi connectivity index (χ2n) is 7.25. The molecule has 0 unspecified atom stereocenters. The third-order valence-electron chi connectivity index (χ3n) is 2.65. The molecule has 0 radical (unpaired) electrons. The van der Waals surface area contributed by atoms with E-state index in [1.165, 1.54) is 0 Å². The van der Waals surface area contributed by atoms with Crippen molar-refractivity contribution in [3.63, 3.8) is 0 Å². The zero-order chi connectivity index (χ0) is 14.5. The number of nitrogens with one attached hydrogen (secondary N) is 1. The Kier molecular flexibility index (Phi) is 5.56. The molecule has 0 saturated heterocycles. The molecule has 0 spiro atoms. The highest BCUT2D eigenvalue weighted by molar-refractivity contribution is 5.04. The van der Waals surface area contributed by atoms with Crippen LogP contribution < -0.4 is 5.32 Å². The zero-order valence-electron chi connectivity index (χ0n) is 13.2. The zero-order valence-corrected chi connectivity index (χ0v) is 13.2. The first kappa shape index (κ1) is 16.2. The van der Waals surface area contributed by atoms with E-state index in [0.717, 1.165) is 31.0 Å². The molecule has 110 valence electrons. The molecule has 0 amide bonds. The summed E-state index contributed by atoms with van der Waals surface area (Å²) in [5.41, 5.74) is 1.32. The lowest BCUT2D eigenvalue weighted by Gasteiger charge is -2.19. The Labute approximate surface area is 116 Å². The number of aromatic nitrogens is 1. The molecule has 0 aliphatic rings. The Morgan fingerprint density at radius 1 is 1.21 bits per heavy atom. The fourth-order valence-electron chi connectivity index (χ4n) is 1.41. The van der Waals surface area contributed by atoms with E-state index in [2.05, 4.69) is 52.0 Å². The summed E-state index contributed by atoms with van der Waals surface area (Å²) in [5.74, 6) is 0.791. The highest BCUT2D eigenvalue weighted by Crippen LogP contribution is 2.18. The summed E-state index contributed by atoms with van der Waals surface area (Å²) in [6.45, 7) is 15.0. The van der Waals surface area contributed by atoms with Crippen LogP contribution in [0.5, 0.6) is 0 Å². The van der Waals surface area contributed by atoms with Gasteiger partial charge in [0.25, 0.3) is 0 Å². The quantitative estimate of drug-likeness (QED) is 0.802. The Hall–Kier alpha value is -0.870. The Bertz CT molecular complexity index is 372. The molecular formula is C15H28N2O2. The van der Waals surface area contributed by atoms with Gasteiger partial charge in [-0.05, 0) is 32.6 Å². The topological polar surface area (TPSA) is 47.3 Å². The molecule has 0 saturated carbocycles. The van der Waals surface area contributed by atoms with E-state index < -0.39 is 0 Å². The van der Waals surface area contributed by atoms with Gasteiger partial charge < -0.3 is 14.6 Å². The van der Waals surface area contributed by atoms with Crippen molar-refractivity contribution in [2.75, 3.05) is 6.61 Å². The summed E-state index contributed by atoms with van der Waals surface area (Å²) >= 11 is 0. The molecule has 1 aromatic heterocycles. The van der Waals surface area contributed by atoms with Crippen molar-refractivity contribution >= 4 is 0 Å². The highest BCUT2D eigenvalue weighted by Gasteiger charge is 2.12. The van der Waals surface area contributed by atoms with Crippen LogP contribution in [-0.2, 0) is 17.9 Å². The average Bonchev–Trinajstić information content (AvgIpc) is 2.67. The van der Waals surface area contributed by atoms with Crippen molar-refractivity contribution in [1.29, 1.82) is 0 Å². The average molecular weight is 268 g/mol. The summed E-state index contributed by atoms with van der Waals surface area (Å²) in [7, 11) is 0. The van der Waals surface area contributed by atoms with Gasteiger partial charge in [-0.2, -0.15) is 0 Å². The number of rotatable bonds is 6. The minimum atomic E-state index is 0.0856. The van der Waals surface area contributed by atoms with Gasteiger partial charge in [0, 0.05) is 24.8 Å². The molecule has 0 fully saturated rings. The first-order valence-electron chi connectivity index (χ1n) is 6.93. The van der Waals surface area contributed by atoms with Gasteiger partial charge in [-0.25, -0.2) is 0 Å². The molecule has 1 N–H and O–H groups in total. The normalized spacial score (nSPS) is 12.9. The molecular weight excluding hydrogens is 240 g/mol. The molecule has 0 aliphatic carbocycles. The lowest BCUT2D eigenvalue weighted by molar-refractivity contribution is 0.0805. The van der Waals surface area contributed by atoms with E-state index in [-0.39, 0.29) is 5.54 Å². The molecule has 4 nitrogen and oxygen atoms in total. The van der Waals surface area contributed by atoms with E-state index >= 15 is 0 Å². The fraction of sp³-hybridized carbons (Fsp3) is 0.800. The first-order chi connectivity index (χ1) is 8.66. The molecule has 0 aliphatic heterocycles. The van der Waals surface area contributed by atoms with E-state index in [9.17, 15) is 0 Å². The molecule has 0 atom stereocenters. The standard InChI is InChI=1S/C15H28N2O2/c1-14(2,3)7-8-18-11-13-9-12(17-19-13)10-16-15(4,5)6/h9,16H,7-8,10-11H2,1-6H3. The van der Waals surface area contributed by atoms with Crippen LogP contribution in [0.3, 0.4) is 0 Å². The van der Waals surface area contributed by atoms with Crippen LogP contribution in [0, 0.1) is 5.41 Å². The Balaban J connectivity index is 2.27. The smallest absolute Gasteiger partial charge is 0.162 e. The van der Waals surface area contributed by atoms with Gasteiger partial charge >= 0.3 is 0 Å². The first-order valence-corrected chi connectivity index (χ1v) is 6.93. The second-order valence-corrected chi connectivity index (χ2v) is 7.25. The Morgan fingerprint density at radius 3 is 2.47 bits per heavy atom. The lowest BCUT2D eigenvalue weighted by Crippen LogP contribution is -2.35. The van der Waals surface area contributed by atoms with Gasteiger partial charge in [-0.3, -0.25) is 0 Å². The maximum atomic E-state index is 5.60. The largest absolute Gasteiger partial charge is 0.373 e. The third-order valence-corrected chi connectivity index (χ3v) is 2.65.